The van der Waals surface area contributed by atoms with Gasteiger partial charge in [-0.15, -0.1) is 0 Å². The van der Waals surface area contributed by atoms with Crippen LogP contribution in [0.3, 0.4) is 0 Å². The predicted molar refractivity (Wildman–Crippen MR) is 54.4 cm³/mol. The third-order valence-corrected chi connectivity index (χ3v) is 0.871. The summed E-state index contributed by atoms with van der Waals surface area (Å²) in [5, 5.41) is 0. The molecular weight excluding hydrogens is 220 g/mol. The summed E-state index contributed by atoms with van der Waals surface area (Å²) in [5.74, 6) is 0.396. The maximum absolute atomic E-state index is 5.33. The zero-order valence-electron chi connectivity index (χ0n) is 6.05. The van der Waals surface area contributed by atoms with Crippen molar-refractivity contribution in [3.63, 3.8) is 0 Å². The maximum Gasteiger partial charge on any atom is 0.180 e. The molecule has 0 radical (unpaired) electrons. The van der Waals surface area contributed by atoms with Crippen LogP contribution in [0, 0.1) is 0 Å². The van der Waals surface area contributed by atoms with E-state index in [0.717, 1.165) is 0 Å². The van der Waals surface area contributed by atoms with Crippen molar-refractivity contribution in [2.24, 2.45) is 0 Å². The molecule has 0 aromatic carbocycles. The number of nitrogen functional groups attached to an aromatic ring is 2. The third-order valence-electron chi connectivity index (χ3n) is 0.871. The normalized spacial score (nSPS) is 9.00. The van der Waals surface area contributed by atoms with Crippen LogP contribution in [0.5, 0.6) is 0 Å². The smallest absolute Gasteiger partial charge is 0.180 e. The minimum Gasteiger partial charge on any atom is -0.396 e. The molecule has 4 N–H and O–H groups in total. The van der Waals surface area contributed by atoms with Crippen molar-refractivity contribution in [3.05, 3.63) is 18.3 Å². The number of aromatic nitrogens is 1. The van der Waals surface area contributed by atoms with Gasteiger partial charge in [0, 0.05) is 6.20 Å². The molecular formula is C6H8Cl3N3. The Bertz CT molecular complexity index is 205. The molecule has 0 atom stereocenters. The van der Waals surface area contributed by atoms with Gasteiger partial charge in [-0.2, -0.15) is 0 Å². The zero-order chi connectivity index (χ0) is 9.56. The fraction of sp³-hybridized carbons (Fsp3) is 0.167. The SMILES string of the molecule is ClC(Cl)Cl.Nc1cccnc1N. The van der Waals surface area contributed by atoms with E-state index in [4.69, 9.17) is 46.3 Å². The molecule has 0 fully saturated rings. The van der Waals surface area contributed by atoms with Gasteiger partial charge in [0.2, 0.25) is 0 Å². The Labute approximate surface area is 85.6 Å². The molecule has 6 heteroatoms. The van der Waals surface area contributed by atoms with E-state index in [2.05, 4.69) is 4.98 Å². The first-order valence-electron chi connectivity index (χ1n) is 2.92. The molecule has 0 bridgehead atoms. The van der Waals surface area contributed by atoms with Gasteiger partial charge in [-0.25, -0.2) is 4.98 Å². The van der Waals surface area contributed by atoms with E-state index in [0.29, 0.717) is 11.5 Å². The van der Waals surface area contributed by atoms with Gasteiger partial charge < -0.3 is 11.5 Å². The van der Waals surface area contributed by atoms with Gasteiger partial charge in [0.1, 0.15) is 5.82 Å². The minimum atomic E-state index is -0.750. The molecule has 1 aromatic rings. The largest absolute Gasteiger partial charge is 0.396 e. The zero-order valence-corrected chi connectivity index (χ0v) is 8.31. The van der Waals surface area contributed by atoms with Gasteiger partial charge in [-0.1, -0.05) is 34.8 Å². The Morgan fingerprint density at radius 1 is 1.25 bits per heavy atom. The number of nitrogens with zero attached hydrogens (tertiary/aromatic N) is 1. The number of halogens is 3. The highest BCUT2D eigenvalue weighted by molar-refractivity contribution is 6.63. The number of anilines is 2. The van der Waals surface area contributed by atoms with Gasteiger partial charge in [0.25, 0.3) is 0 Å². The molecule has 12 heavy (non-hydrogen) atoms. The van der Waals surface area contributed by atoms with E-state index < -0.39 is 4.30 Å². The lowest BCUT2D eigenvalue weighted by molar-refractivity contribution is 1.34. The van der Waals surface area contributed by atoms with E-state index >= 15 is 0 Å². The van der Waals surface area contributed by atoms with Crippen LogP contribution in [0.15, 0.2) is 18.3 Å². The van der Waals surface area contributed by atoms with Crippen LogP contribution in [0.2, 0.25) is 0 Å². The van der Waals surface area contributed by atoms with Gasteiger partial charge in [-0.3, -0.25) is 0 Å². The first-order valence-corrected chi connectivity index (χ1v) is 4.23. The van der Waals surface area contributed by atoms with Gasteiger partial charge in [0.05, 0.1) is 5.69 Å². The van der Waals surface area contributed by atoms with Crippen molar-refractivity contribution in [1.29, 1.82) is 0 Å². The van der Waals surface area contributed by atoms with Gasteiger partial charge >= 0.3 is 0 Å². The van der Waals surface area contributed by atoms with Gasteiger partial charge in [-0.05, 0) is 12.1 Å². The third kappa shape index (κ3) is 6.34. The molecule has 1 heterocycles. The quantitative estimate of drug-likeness (QED) is 0.669. The second-order valence-electron chi connectivity index (χ2n) is 1.73. The fourth-order valence-corrected chi connectivity index (χ4v) is 0.430. The number of pyridine rings is 1. The summed E-state index contributed by atoms with van der Waals surface area (Å²) in [6.07, 6.45) is 1.60. The first kappa shape index (κ1) is 11.6. The number of alkyl halides is 3. The van der Waals surface area contributed by atoms with Crippen molar-refractivity contribution >= 4 is 46.3 Å². The Balaban J connectivity index is 0.000000261. The Morgan fingerprint density at radius 2 is 1.75 bits per heavy atom. The summed E-state index contributed by atoms with van der Waals surface area (Å²) in [7, 11) is 0. The monoisotopic (exact) mass is 227 g/mol. The van der Waals surface area contributed by atoms with Gasteiger partial charge in [0.15, 0.2) is 4.30 Å². The van der Waals surface area contributed by atoms with Crippen molar-refractivity contribution in [2.45, 2.75) is 4.30 Å². The van der Waals surface area contributed by atoms with Crippen LogP contribution in [-0.4, -0.2) is 9.28 Å². The number of hydrogen-bond acceptors (Lipinski definition) is 3. The molecule has 0 aliphatic carbocycles. The second kappa shape index (κ2) is 6.17. The van der Waals surface area contributed by atoms with E-state index in [9.17, 15) is 0 Å². The van der Waals surface area contributed by atoms with E-state index in [-0.39, 0.29) is 0 Å². The highest BCUT2D eigenvalue weighted by Crippen LogP contribution is 2.06. The molecule has 0 saturated heterocycles. The molecule has 3 nitrogen and oxygen atoms in total. The molecule has 0 unspecified atom stereocenters. The topological polar surface area (TPSA) is 64.9 Å². The van der Waals surface area contributed by atoms with Crippen LogP contribution < -0.4 is 11.5 Å². The van der Waals surface area contributed by atoms with Crippen molar-refractivity contribution < 1.29 is 0 Å². The lowest BCUT2D eigenvalue weighted by atomic mass is 10.4. The molecule has 1 aromatic heterocycles. The summed E-state index contributed by atoms with van der Waals surface area (Å²) in [6.45, 7) is 0. The lowest BCUT2D eigenvalue weighted by Crippen LogP contribution is -1.95. The predicted octanol–water partition coefficient (Wildman–Crippen LogP) is 2.23. The molecule has 0 saturated carbocycles. The first-order chi connectivity index (χ1) is 5.54. The van der Waals surface area contributed by atoms with Crippen LogP contribution >= 0.6 is 34.8 Å². The van der Waals surface area contributed by atoms with E-state index in [1.807, 2.05) is 0 Å². The second-order valence-corrected chi connectivity index (χ2v) is 3.70. The number of hydrogen-bond donors (Lipinski definition) is 2. The Kier molecular flexibility index (Phi) is 5.98. The Morgan fingerprint density at radius 3 is 2.00 bits per heavy atom. The summed E-state index contributed by atoms with van der Waals surface area (Å²) < 4.78 is -0.750. The standard InChI is InChI=1S/C5H7N3.CHCl3/c6-4-2-1-3-8-5(4)7;2-1(3)4/h1-3H,6H2,(H2,7,8);1H. The van der Waals surface area contributed by atoms with Crippen molar-refractivity contribution in [1.82, 2.24) is 4.98 Å². The van der Waals surface area contributed by atoms with Crippen LogP contribution in [0.25, 0.3) is 0 Å². The average molecular weight is 229 g/mol. The van der Waals surface area contributed by atoms with Crippen molar-refractivity contribution in [3.8, 4) is 0 Å². The molecule has 0 spiro atoms. The highest BCUT2D eigenvalue weighted by atomic mass is 35.6. The van der Waals surface area contributed by atoms with Crippen LogP contribution in [0.1, 0.15) is 0 Å². The number of nitrogens with two attached hydrogens (primary N) is 2. The average Bonchev–Trinajstić information content (AvgIpc) is 1.94. The molecule has 68 valence electrons. The molecule has 0 aliphatic rings. The highest BCUT2D eigenvalue weighted by Gasteiger charge is 1.87. The molecule has 0 aliphatic heterocycles. The Hall–Kier alpha value is -0.380. The summed E-state index contributed by atoms with van der Waals surface area (Å²) in [5.41, 5.74) is 11.2. The summed E-state index contributed by atoms with van der Waals surface area (Å²) in [4.78, 5) is 3.73. The van der Waals surface area contributed by atoms with E-state index in [1.54, 1.807) is 18.3 Å². The summed E-state index contributed by atoms with van der Waals surface area (Å²) in [6, 6.07) is 3.45. The fourth-order valence-electron chi connectivity index (χ4n) is 0.430. The van der Waals surface area contributed by atoms with Crippen LogP contribution in [0.4, 0.5) is 11.5 Å². The van der Waals surface area contributed by atoms with Crippen molar-refractivity contribution in [2.75, 3.05) is 11.5 Å². The van der Waals surface area contributed by atoms with E-state index in [1.165, 1.54) is 0 Å². The minimum absolute atomic E-state index is 0.396. The summed E-state index contributed by atoms with van der Waals surface area (Å²) >= 11 is 14.4. The lowest BCUT2D eigenvalue weighted by Gasteiger charge is -1.92. The maximum atomic E-state index is 5.33. The van der Waals surface area contributed by atoms with Crippen LogP contribution in [-0.2, 0) is 0 Å². The number of rotatable bonds is 0. The molecule has 0 amide bonds. The molecule has 1 rings (SSSR count).